The average Bonchev–Trinajstić information content (AvgIpc) is 2.66. The number of nitrogens with zero attached hydrogens (tertiary/aromatic N) is 2. The Balaban J connectivity index is 2.06. The van der Waals surface area contributed by atoms with Crippen LogP contribution in [-0.4, -0.2) is 44.9 Å². The van der Waals surface area contributed by atoms with Gasteiger partial charge >= 0.3 is 5.97 Å². The van der Waals surface area contributed by atoms with Gasteiger partial charge in [-0.25, -0.2) is 13.6 Å². The van der Waals surface area contributed by atoms with Crippen LogP contribution in [0.25, 0.3) is 0 Å². The molecule has 3 N–H and O–H groups in total. The molecule has 1 fully saturated rings. The van der Waals surface area contributed by atoms with E-state index in [2.05, 4.69) is 5.32 Å². The highest BCUT2D eigenvalue weighted by molar-refractivity contribution is 7.89. The van der Waals surface area contributed by atoms with E-state index in [1.54, 1.807) is 11.8 Å². The number of hydrogen-bond acceptors (Lipinski definition) is 7. The number of amides is 1. The first kappa shape index (κ1) is 21.4. The Morgan fingerprint density at radius 1 is 1.39 bits per heavy atom. The molecule has 0 spiro atoms. The zero-order valence-electron chi connectivity index (χ0n) is 15.4. The summed E-state index contributed by atoms with van der Waals surface area (Å²) < 4.78 is 27.6. The summed E-state index contributed by atoms with van der Waals surface area (Å²) in [5.41, 5.74) is 0.196. The maximum atomic E-state index is 12.4. The molecule has 0 aromatic heterocycles. The van der Waals surface area contributed by atoms with Crippen LogP contribution in [0.3, 0.4) is 0 Å². The number of likely N-dealkylation sites (tertiary alicyclic amines) is 1. The number of nitrogens with one attached hydrogen (secondary N) is 1. The topological polar surface area (TPSA) is 143 Å². The molecule has 1 aromatic rings. The van der Waals surface area contributed by atoms with Crippen molar-refractivity contribution in [2.24, 2.45) is 11.1 Å². The van der Waals surface area contributed by atoms with Crippen LogP contribution in [0.5, 0.6) is 0 Å². The lowest BCUT2D eigenvalue weighted by Crippen LogP contribution is -2.37. The Kier molecular flexibility index (Phi) is 7.14. The Morgan fingerprint density at radius 3 is 2.64 bits per heavy atom. The second kappa shape index (κ2) is 9.34. The van der Waals surface area contributed by atoms with E-state index < -0.39 is 15.9 Å². The van der Waals surface area contributed by atoms with Gasteiger partial charge in [0, 0.05) is 25.0 Å². The van der Waals surface area contributed by atoms with E-state index in [-0.39, 0.29) is 22.4 Å². The molecule has 1 aliphatic heterocycles. The Morgan fingerprint density at radius 2 is 2.07 bits per heavy atom. The van der Waals surface area contributed by atoms with Crippen molar-refractivity contribution < 1.29 is 22.7 Å². The number of esters is 1. The molecule has 1 unspecified atom stereocenters. The summed E-state index contributed by atoms with van der Waals surface area (Å²) in [5, 5.41) is 16.9. The highest BCUT2D eigenvalue weighted by Gasteiger charge is 2.26. The number of nitriles is 1. The summed E-state index contributed by atoms with van der Waals surface area (Å²) >= 11 is 0. The van der Waals surface area contributed by atoms with Gasteiger partial charge in [-0.2, -0.15) is 5.26 Å². The smallest absolute Gasteiger partial charge is 0.310 e. The second-order valence-corrected chi connectivity index (χ2v) is 7.83. The van der Waals surface area contributed by atoms with Crippen LogP contribution < -0.4 is 10.5 Å². The zero-order valence-corrected chi connectivity index (χ0v) is 16.2. The largest absolute Gasteiger partial charge is 0.466 e. The number of nitrogens with two attached hydrogens (primary N) is 1. The molecule has 1 amide bonds. The molecule has 1 heterocycles. The van der Waals surface area contributed by atoms with Crippen LogP contribution in [0.4, 0.5) is 5.69 Å². The van der Waals surface area contributed by atoms with E-state index in [0.717, 1.165) is 6.42 Å². The second-order valence-electron chi connectivity index (χ2n) is 6.26. The van der Waals surface area contributed by atoms with Crippen LogP contribution in [0.1, 0.15) is 19.8 Å². The van der Waals surface area contributed by atoms with E-state index >= 15 is 0 Å². The van der Waals surface area contributed by atoms with Gasteiger partial charge in [0.2, 0.25) is 10.0 Å². The van der Waals surface area contributed by atoms with Crippen molar-refractivity contribution in [3.63, 3.8) is 0 Å². The monoisotopic (exact) mass is 406 g/mol. The van der Waals surface area contributed by atoms with Gasteiger partial charge < -0.3 is 15.0 Å². The van der Waals surface area contributed by atoms with Gasteiger partial charge in [0.05, 0.1) is 17.4 Å². The fourth-order valence-corrected chi connectivity index (χ4v) is 3.34. The lowest BCUT2D eigenvalue weighted by atomic mass is 9.98. The molecule has 1 aliphatic rings. The number of anilines is 1. The molecule has 1 aromatic carbocycles. The molecular weight excluding hydrogens is 384 g/mol. The third-order valence-electron chi connectivity index (χ3n) is 4.19. The molecule has 0 saturated carbocycles. The van der Waals surface area contributed by atoms with Crippen LogP contribution in [-0.2, 0) is 24.3 Å². The SMILES string of the molecule is CCOC(=O)C1CCCN(/C=C(/C#N)C(=O)Nc2ccc(S(N)(=O)=O)cc2)C1. The molecule has 28 heavy (non-hydrogen) atoms. The third-order valence-corrected chi connectivity index (χ3v) is 5.12. The lowest BCUT2D eigenvalue weighted by Gasteiger charge is -2.30. The van der Waals surface area contributed by atoms with Crippen LogP contribution >= 0.6 is 0 Å². The molecule has 150 valence electrons. The summed E-state index contributed by atoms with van der Waals surface area (Å²) in [5.74, 6) is -1.21. The Hall–Kier alpha value is -2.90. The summed E-state index contributed by atoms with van der Waals surface area (Å²) in [6, 6.07) is 7.13. The summed E-state index contributed by atoms with van der Waals surface area (Å²) in [4.78, 5) is 25.9. The highest BCUT2D eigenvalue weighted by Crippen LogP contribution is 2.19. The minimum Gasteiger partial charge on any atom is -0.466 e. The minimum absolute atomic E-state index is 0.0835. The van der Waals surface area contributed by atoms with Crippen molar-refractivity contribution in [3.8, 4) is 6.07 Å². The standard InChI is InChI=1S/C18H22N4O5S/c1-2-27-18(24)13-4-3-9-22(11-13)12-14(10-19)17(23)21-15-5-7-16(8-6-15)28(20,25)26/h5-8,12-13H,2-4,9,11H2,1H3,(H,21,23)(H2,20,25,26)/b14-12-. The molecule has 0 aliphatic carbocycles. The predicted octanol–water partition coefficient (Wildman–Crippen LogP) is 0.955. The van der Waals surface area contributed by atoms with Crippen LogP contribution in [0, 0.1) is 17.2 Å². The van der Waals surface area contributed by atoms with Crippen molar-refractivity contribution in [2.45, 2.75) is 24.7 Å². The highest BCUT2D eigenvalue weighted by atomic mass is 32.2. The molecule has 0 radical (unpaired) electrons. The summed E-state index contributed by atoms with van der Waals surface area (Å²) in [6.45, 7) is 3.05. The first-order chi connectivity index (χ1) is 13.2. The number of piperidine rings is 1. The molecule has 2 rings (SSSR count). The van der Waals surface area contributed by atoms with E-state index in [9.17, 15) is 23.3 Å². The van der Waals surface area contributed by atoms with Crippen LogP contribution in [0.15, 0.2) is 40.9 Å². The van der Waals surface area contributed by atoms with Crippen LogP contribution in [0.2, 0.25) is 0 Å². The number of primary sulfonamides is 1. The first-order valence-corrected chi connectivity index (χ1v) is 10.3. The number of sulfonamides is 1. The quantitative estimate of drug-likeness (QED) is 0.407. The van der Waals surface area contributed by atoms with Gasteiger partial charge in [0.1, 0.15) is 11.6 Å². The number of rotatable bonds is 6. The fraction of sp³-hybridized carbons (Fsp3) is 0.389. The predicted molar refractivity (Wildman–Crippen MR) is 101 cm³/mol. The third kappa shape index (κ3) is 5.80. The Labute approximate surface area is 163 Å². The van der Waals surface area contributed by atoms with Gasteiger partial charge in [-0.15, -0.1) is 0 Å². The van der Waals surface area contributed by atoms with Crippen molar-refractivity contribution in [3.05, 3.63) is 36.0 Å². The molecule has 10 heteroatoms. The molecular formula is C18H22N4O5S. The van der Waals surface area contributed by atoms with E-state index in [1.165, 1.54) is 30.5 Å². The van der Waals surface area contributed by atoms with E-state index in [4.69, 9.17) is 9.88 Å². The number of ether oxygens (including phenoxy) is 1. The normalized spacial score (nSPS) is 17.5. The zero-order chi connectivity index (χ0) is 20.7. The molecule has 1 atom stereocenters. The molecule has 1 saturated heterocycles. The van der Waals surface area contributed by atoms with Gasteiger partial charge in [0.15, 0.2) is 0 Å². The first-order valence-electron chi connectivity index (χ1n) is 8.71. The van der Waals surface area contributed by atoms with Gasteiger partial charge in [-0.3, -0.25) is 9.59 Å². The van der Waals surface area contributed by atoms with Crippen molar-refractivity contribution >= 4 is 27.6 Å². The molecule has 9 nitrogen and oxygen atoms in total. The molecule has 0 bridgehead atoms. The summed E-state index contributed by atoms with van der Waals surface area (Å²) in [6.07, 6.45) is 2.88. The van der Waals surface area contributed by atoms with Gasteiger partial charge in [0.25, 0.3) is 5.91 Å². The lowest BCUT2D eigenvalue weighted by molar-refractivity contribution is -0.149. The average molecular weight is 406 g/mol. The summed E-state index contributed by atoms with van der Waals surface area (Å²) in [7, 11) is -3.83. The van der Waals surface area contributed by atoms with Gasteiger partial charge in [-0.1, -0.05) is 0 Å². The minimum atomic E-state index is -3.83. The Bertz CT molecular complexity index is 903. The number of benzene rings is 1. The van der Waals surface area contributed by atoms with Crippen molar-refractivity contribution in [2.75, 3.05) is 25.0 Å². The van der Waals surface area contributed by atoms with E-state index in [1.807, 2.05) is 6.07 Å². The number of hydrogen-bond donors (Lipinski definition) is 2. The maximum Gasteiger partial charge on any atom is 0.310 e. The van der Waals surface area contributed by atoms with Gasteiger partial charge in [-0.05, 0) is 44.0 Å². The maximum absolute atomic E-state index is 12.4. The number of carbonyl (C=O) groups excluding carboxylic acids is 2. The van der Waals surface area contributed by atoms with Crippen molar-refractivity contribution in [1.82, 2.24) is 4.90 Å². The number of carbonyl (C=O) groups is 2. The fourth-order valence-electron chi connectivity index (χ4n) is 2.82. The van der Waals surface area contributed by atoms with E-state index in [0.29, 0.717) is 31.8 Å². The van der Waals surface area contributed by atoms with Crippen molar-refractivity contribution in [1.29, 1.82) is 5.26 Å².